The first-order valence-corrected chi connectivity index (χ1v) is 5.38. The van der Waals surface area contributed by atoms with Gasteiger partial charge in [0, 0.05) is 0 Å². The third-order valence-corrected chi connectivity index (χ3v) is 2.95. The van der Waals surface area contributed by atoms with Gasteiger partial charge >= 0.3 is 5.97 Å². The van der Waals surface area contributed by atoms with E-state index in [0.717, 1.165) is 24.0 Å². The summed E-state index contributed by atoms with van der Waals surface area (Å²) >= 11 is 0. The molecule has 2 nitrogen and oxygen atoms in total. The van der Waals surface area contributed by atoms with Crippen LogP contribution in [0.15, 0.2) is 6.07 Å². The fourth-order valence-electron chi connectivity index (χ4n) is 2.24. The van der Waals surface area contributed by atoms with Crippen LogP contribution in [-0.2, 0) is 12.8 Å². The molecule has 1 aromatic rings. The van der Waals surface area contributed by atoms with Crippen molar-refractivity contribution in [2.24, 2.45) is 0 Å². The molecule has 0 fully saturated rings. The second-order valence-electron chi connectivity index (χ2n) is 3.84. The van der Waals surface area contributed by atoms with Crippen LogP contribution in [0.25, 0.3) is 0 Å². The van der Waals surface area contributed by atoms with Crippen molar-refractivity contribution in [2.75, 3.05) is 0 Å². The maximum Gasteiger partial charge on any atom is 0.336 e. The minimum absolute atomic E-state index is 0.476. The average molecular weight is 206 g/mol. The summed E-state index contributed by atoms with van der Waals surface area (Å²) in [6.45, 7) is 7.96. The van der Waals surface area contributed by atoms with Gasteiger partial charge in [0.25, 0.3) is 0 Å². The Morgan fingerprint density at radius 3 is 2.27 bits per heavy atom. The topological polar surface area (TPSA) is 37.3 Å². The van der Waals surface area contributed by atoms with Gasteiger partial charge < -0.3 is 5.11 Å². The molecule has 0 aliphatic rings. The number of rotatable bonds is 3. The summed E-state index contributed by atoms with van der Waals surface area (Å²) in [6.07, 6.45) is 1.86. The Kier molecular flexibility index (Phi) is 3.51. The maximum absolute atomic E-state index is 11.1. The first kappa shape index (κ1) is 11.8. The van der Waals surface area contributed by atoms with Gasteiger partial charge in [0.2, 0.25) is 0 Å². The monoisotopic (exact) mass is 206 g/mol. The van der Waals surface area contributed by atoms with Crippen LogP contribution in [0.4, 0.5) is 0 Å². The van der Waals surface area contributed by atoms with Crippen LogP contribution in [0.5, 0.6) is 0 Å². The van der Waals surface area contributed by atoms with Gasteiger partial charge in [-0.05, 0) is 48.9 Å². The third-order valence-electron chi connectivity index (χ3n) is 2.95. The Balaban J connectivity index is 3.51. The molecule has 1 rings (SSSR count). The van der Waals surface area contributed by atoms with E-state index in [1.54, 1.807) is 0 Å². The summed E-state index contributed by atoms with van der Waals surface area (Å²) < 4.78 is 0. The zero-order valence-corrected chi connectivity index (χ0v) is 9.85. The summed E-state index contributed by atoms with van der Waals surface area (Å²) in [5, 5.41) is 9.13. The predicted molar refractivity (Wildman–Crippen MR) is 61.6 cm³/mol. The van der Waals surface area contributed by atoms with Gasteiger partial charge in [0.05, 0.1) is 5.56 Å². The summed E-state index contributed by atoms with van der Waals surface area (Å²) in [5.41, 5.74) is 4.75. The molecule has 0 aliphatic heterocycles. The van der Waals surface area contributed by atoms with Crippen molar-refractivity contribution in [3.05, 3.63) is 33.9 Å². The molecule has 0 radical (unpaired) electrons. The van der Waals surface area contributed by atoms with Crippen molar-refractivity contribution in [1.29, 1.82) is 0 Å². The second kappa shape index (κ2) is 4.47. The smallest absolute Gasteiger partial charge is 0.336 e. The molecule has 2 heteroatoms. The first-order chi connectivity index (χ1) is 7.02. The highest BCUT2D eigenvalue weighted by atomic mass is 16.4. The molecule has 0 saturated heterocycles. The Bertz CT molecular complexity index is 392. The van der Waals surface area contributed by atoms with Crippen molar-refractivity contribution in [2.45, 2.75) is 40.5 Å². The summed E-state index contributed by atoms with van der Waals surface area (Å²) in [4.78, 5) is 11.1. The molecule has 82 valence electrons. The van der Waals surface area contributed by atoms with Gasteiger partial charge in [-0.15, -0.1) is 0 Å². The predicted octanol–water partition coefficient (Wildman–Crippen LogP) is 3.13. The minimum atomic E-state index is -0.817. The van der Waals surface area contributed by atoms with E-state index in [0.29, 0.717) is 5.56 Å². The zero-order valence-electron chi connectivity index (χ0n) is 9.85. The quantitative estimate of drug-likeness (QED) is 0.825. The van der Waals surface area contributed by atoms with Gasteiger partial charge in [0.1, 0.15) is 0 Å². The van der Waals surface area contributed by atoms with E-state index in [2.05, 4.69) is 13.8 Å². The summed E-state index contributed by atoms with van der Waals surface area (Å²) in [5.74, 6) is -0.817. The number of benzene rings is 1. The van der Waals surface area contributed by atoms with Crippen LogP contribution in [-0.4, -0.2) is 11.1 Å². The molecule has 1 N–H and O–H groups in total. The van der Waals surface area contributed by atoms with Crippen molar-refractivity contribution in [3.8, 4) is 0 Å². The van der Waals surface area contributed by atoms with Gasteiger partial charge in [0.15, 0.2) is 0 Å². The SMILES string of the molecule is CCc1cc(C)c(C(=O)O)c(C)c1CC. The fourth-order valence-corrected chi connectivity index (χ4v) is 2.24. The normalized spacial score (nSPS) is 10.4. The number of carboxylic acid groups (broad SMARTS) is 1. The van der Waals surface area contributed by atoms with Gasteiger partial charge in [-0.3, -0.25) is 0 Å². The van der Waals surface area contributed by atoms with E-state index < -0.39 is 5.97 Å². The minimum Gasteiger partial charge on any atom is -0.478 e. The average Bonchev–Trinajstić information content (AvgIpc) is 2.16. The van der Waals surface area contributed by atoms with E-state index in [1.165, 1.54) is 11.1 Å². The van der Waals surface area contributed by atoms with E-state index in [1.807, 2.05) is 19.9 Å². The number of carboxylic acids is 1. The van der Waals surface area contributed by atoms with Gasteiger partial charge in [-0.1, -0.05) is 19.9 Å². The number of hydrogen-bond acceptors (Lipinski definition) is 1. The molecule has 0 bridgehead atoms. The molecule has 1 aromatic carbocycles. The van der Waals surface area contributed by atoms with Crippen LogP contribution >= 0.6 is 0 Å². The molecule has 0 heterocycles. The standard InChI is InChI=1S/C13H18O2/c1-5-10-7-8(3)12(13(14)15)9(4)11(10)6-2/h7H,5-6H2,1-4H3,(H,14,15). The van der Waals surface area contributed by atoms with Crippen molar-refractivity contribution < 1.29 is 9.90 Å². The molecule has 0 spiro atoms. The Morgan fingerprint density at radius 1 is 1.27 bits per heavy atom. The molecular weight excluding hydrogens is 188 g/mol. The van der Waals surface area contributed by atoms with E-state index in [-0.39, 0.29) is 0 Å². The largest absolute Gasteiger partial charge is 0.478 e. The lowest BCUT2D eigenvalue weighted by molar-refractivity contribution is 0.0695. The molecule has 0 atom stereocenters. The van der Waals surface area contributed by atoms with Crippen molar-refractivity contribution in [1.82, 2.24) is 0 Å². The summed E-state index contributed by atoms with van der Waals surface area (Å²) in [6, 6.07) is 2.01. The summed E-state index contributed by atoms with van der Waals surface area (Å²) in [7, 11) is 0. The lowest BCUT2D eigenvalue weighted by Gasteiger charge is -2.14. The highest BCUT2D eigenvalue weighted by molar-refractivity contribution is 5.91. The molecule has 0 amide bonds. The number of aromatic carboxylic acids is 1. The van der Waals surface area contributed by atoms with Crippen LogP contribution in [0.3, 0.4) is 0 Å². The molecule has 15 heavy (non-hydrogen) atoms. The fraction of sp³-hybridized carbons (Fsp3) is 0.462. The van der Waals surface area contributed by atoms with Gasteiger partial charge in [-0.2, -0.15) is 0 Å². The molecule has 0 unspecified atom stereocenters. The maximum atomic E-state index is 11.1. The Morgan fingerprint density at radius 2 is 1.87 bits per heavy atom. The molecule has 0 aromatic heterocycles. The third kappa shape index (κ3) is 2.04. The lowest BCUT2D eigenvalue weighted by atomic mass is 9.90. The van der Waals surface area contributed by atoms with Crippen LogP contribution in [0.2, 0.25) is 0 Å². The Hall–Kier alpha value is -1.31. The van der Waals surface area contributed by atoms with Crippen LogP contribution in [0, 0.1) is 13.8 Å². The van der Waals surface area contributed by atoms with E-state index in [9.17, 15) is 4.79 Å². The van der Waals surface area contributed by atoms with Crippen LogP contribution < -0.4 is 0 Å². The molecule has 0 saturated carbocycles. The number of carbonyl (C=O) groups is 1. The highest BCUT2D eigenvalue weighted by Crippen LogP contribution is 2.23. The van der Waals surface area contributed by atoms with Crippen LogP contribution in [0.1, 0.15) is 46.5 Å². The number of aryl methyl sites for hydroxylation is 2. The van der Waals surface area contributed by atoms with Gasteiger partial charge in [-0.25, -0.2) is 4.79 Å². The highest BCUT2D eigenvalue weighted by Gasteiger charge is 2.15. The first-order valence-electron chi connectivity index (χ1n) is 5.38. The second-order valence-corrected chi connectivity index (χ2v) is 3.84. The van der Waals surface area contributed by atoms with Crippen molar-refractivity contribution in [3.63, 3.8) is 0 Å². The zero-order chi connectivity index (χ0) is 11.6. The van der Waals surface area contributed by atoms with E-state index >= 15 is 0 Å². The lowest BCUT2D eigenvalue weighted by Crippen LogP contribution is -2.08. The Labute approximate surface area is 90.9 Å². The van der Waals surface area contributed by atoms with E-state index in [4.69, 9.17) is 5.11 Å². The van der Waals surface area contributed by atoms with Crippen molar-refractivity contribution >= 4 is 5.97 Å². The molecular formula is C13H18O2. The molecule has 0 aliphatic carbocycles. The number of hydrogen-bond donors (Lipinski definition) is 1.